The number of hydrogen-bond acceptors (Lipinski definition) is 3. The maximum atomic E-state index is 11.0. The topological polar surface area (TPSA) is 58.0 Å². The molecule has 0 bridgehead atoms. The predicted molar refractivity (Wildman–Crippen MR) is 63.8 cm³/mol. The summed E-state index contributed by atoms with van der Waals surface area (Å²) in [5, 5.41) is 3.18. The van der Waals surface area contributed by atoms with Crippen LogP contribution < -0.4 is 11.1 Å². The summed E-state index contributed by atoms with van der Waals surface area (Å²) in [6, 6.07) is 5.86. The summed E-state index contributed by atoms with van der Waals surface area (Å²) in [4.78, 5) is 13.7. The van der Waals surface area contributed by atoms with Crippen LogP contribution in [-0.4, -0.2) is 18.6 Å². The molecule has 2 aromatic rings. The fourth-order valence-electron chi connectivity index (χ4n) is 1.97. The van der Waals surface area contributed by atoms with E-state index in [2.05, 4.69) is 17.2 Å². The van der Waals surface area contributed by atoms with Crippen LogP contribution in [0.5, 0.6) is 0 Å². The van der Waals surface area contributed by atoms with Crippen molar-refractivity contribution in [2.75, 3.05) is 13.6 Å². The number of H-pyrrole nitrogens is 1. The fourth-order valence-corrected chi connectivity index (χ4v) is 1.97. The minimum absolute atomic E-state index is 0.395. The molecular formula is C12H16N2O2. The van der Waals surface area contributed by atoms with Crippen LogP contribution in [0.1, 0.15) is 24.8 Å². The van der Waals surface area contributed by atoms with Gasteiger partial charge < -0.3 is 9.73 Å². The molecule has 0 amide bonds. The highest BCUT2D eigenvalue weighted by atomic mass is 16.4. The van der Waals surface area contributed by atoms with Crippen LogP contribution in [0.2, 0.25) is 0 Å². The normalized spacial score (nSPS) is 13.1. The van der Waals surface area contributed by atoms with Crippen LogP contribution in [0, 0.1) is 0 Å². The summed E-state index contributed by atoms with van der Waals surface area (Å²) in [6.45, 7) is 3.09. The van der Waals surface area contributed by atoms with Gasteiger partial charge in [0.1, 0.15) is 0 Å². The zero-order chi connectivity index (χ0) is 11.5. The summed E-state index contributed by atoms with van der Waals surface area (Å²) in [5.41, 5.74) is 2.62. The van der Waals surface area contributed by atoms with E-state index in [0.717, 1.165) is 18.5 Å². The van der Waals surface area contributed by atoms with Crippen LogP contribution >= 0.6 is 0 Å². The third kappa shape index (κ3) is 2.02. The zero-order valence-electron chi connectivity index (χ0n) is 9.54. The highest BCUT2D eigenvalue weighted by Crippen LogP contribution is 2.22. The summed E-state index contributed by atoms with van der Waals surface area (Å²) in [5.74, 6) is 0.0709. The van der Waals surface area contributed by atoms with Gasteiger partial charge in [-0.3, -0.25) is 4.98 Å². The first-order valence-corrected chi connectivity index (χ1v) is 5.52. The van der Waals surface area contributed by atoms with E-state index in [1.54, 1.807) is 0 Å². The van der Waals surface area contributed by atoms with Crippen molar-refractivity contribution in [3.63, 3.8) is 0 Å². The molecule has 4 nitrogen and oxygen atoms in total. The minimum Gasteiger partial charge on any atom is -0.408 e. The molecule has 2 N–H and O–H groups in total. The van der Waals surface area contributed by atoms with Gasteiger partial charge in [0.15, 0.2) is 5.58 Å². The molecule has 0 spiro atoms. The molecular weight excluding hydrogens is 204 g/mol. The monoisotopic (exact) mass is 220 g/mol. The molecule has 0 saturated carbocycles. The van der Waals surface area contributed by atoms with Crippen LogP contribution in [0.15, 0.2) is 27.4 Å². The molecule has 1 atom stereocenters. The van der Waals surface area contributed by atoms with Gasteiger partial charge in [-0.25, -0.2) is 4.79 Å². The molecule has 0 aliphatic heterocycles. The van der Waals surface area contributed by atoms with E-state index in [0.29, 0.717) is 11.5 Å². The molecule has 2 rings (SSSR count). The number of aromatic amines is 1. The second-order valence-electron chi connectivity index (χ2n) is 3.93. The molecule has 16 heavy (non-hydrogen) atoms. The first kappa shape index (κ1) is 11.0. The third-order valence-electron chi connectivity index (χ3n) is 2.86. The Morgan fingerprint density at radius 3 is 3.00 bits per heavy atom. The van der Waals surface area contributed by atoms with Crippen molar-refractivity contribution < 1.29 is 4.42 Å². The molecule has 0 aliphatic rings. The van der Waals surface area contributed by atoms with Gasteiger partial charge in [0.05, 0.1) is 5.52 Å². The largest absolute Gasteiger partial charge is 0.417 e. The average Bonchev–Trinajstić information content (AvgIpc) is 2.64. The van der Waals surface area contributed by atoms with E-state index in [9.17, 15) is 4.79 Å². The highest BCUT2D eigenvalue weighted by Gasteiger charge is 2.10. The number of nitrogens with one attached hydrogen (secondary N) is 2. The molecule has 1 aromatic heterocycles. The molecule has 4 heteroatoms. The van der Waals surface area contributed by atoms with Crippen LogP contribution in [0.3, 0.4) is 0 Å². The SMILES string of the molecule is CCC(CNC)c1ccc2oc(=O)[nH]c2c1. The lowest BCUT2D eigenvalue weighted by atomic mass is 9.96. The lowest BCUT2D eigenvalue weighted by molar-refractivity contribution is 0.555. The Bertz CT molecular complexity index is 527. The molecule has 1 unspecified atom stereocenters. The molecule has 0 saturated heterocycles. The van der Waals surface area contributed by atoms with E-state index in [1.165, 1.54) is 5.56 Å². The second kappa shape index (κ2) is 4.53. The Morgan fingerprint density at radius 2 is 2.31 bits per heavy atom. The molecule has 0 radical (unpaired) electrons. The number of benzene rings is 1. The van der Waals surface area contributed by atoms with Crippen molar-refractivity contribution in [3.8, 4) is 0 Å². The lowest BCUT2D eigenvalue weighted by Crippen LogP contribution is -2.16. The minimum atomic E-state index is -0.395. The van der Waals surface area contributed by atoms with E-state index in [-0.39, 0.29) is 0 Å². The Morgan fingerprint density at radius 1 is 1.50 bits per heavy atom. The van der Waals surface area contributed by atoms with E-state index in [1.807, 2.05) is 25.2 Å². The fraction of sp³-hybridized carbons (Fsp3) is 0.417. The highest BCUT2D eigenvalue weighted by molar-refractivity contribution is 5.72. The van der Waals surface area contributed by atoms with E-state index < -0.39 is 5.76 Å². The summed E-state index contributed by atoms with van der Waals surface area (Å²) in [6.07, 6.45) is 1.06. The number of hydrogen-bond donors (Lipinski definition) is 2. The molecule has 86 valence electrons. The summed E-state index contributed by atoms with van der Waals surface area (Å²) < 4.78 is 4.97. The number of rotatable bonds is 4. The predicted octanol–water partition coefficient (Wildman–Crippen LogP) is 1.83. The van der Waals surface area contributed by atoms with E-state index in [4.69, 9.17) is 4.42 Å². The first-order chi connectivity index (χ1) is 7.74. The van der Waals surface area contributed by atoms with Gasteiger partial charge in [0, 0.05) is 6.54 Å². The van der Waals surface area contributed by atoms with Gasteiger partial charge in [-0.15, -0.1) is 0 Å². The number of oxazole rings is 1. The zero-order valence-corrected chi connectivity index (χ0v) is 9.54. The first-order valence-electron chi connectivity index (χ1n) is 5.52. The van der Waals surface area contributed by atoms with Gasteiger partial charge in [0.2, 0.25) is 0 Å². The van der Waals surface area contributed by atoms with Crippen molar-refractivity contribution in [2.24, 2.45) is 0 Å². The van der Waals surface area contributed by atoms with Crippen molar-refractivity contribution in [3.05, 3.63) is 34.3 Å². The quantitative estimate of drug-likeness (QED) is 0.826. The molecule has 0 aliphatic carbocycles. The second-order valence-corrected chi connectivity index (χ2v) is 3.93. The standard InChI is InChI=1S/C12H16N2O2/c1-3-8(7-13-2)9-4-5-11-10(6-9)14-12(15)16-11/h4-6,8,13H,3,7H2,1-2H3,(H,14,15). The molecule has 1 heterocycles. The lowest BCUT2D eigenvalue weighted by Gasteiger charge is -2.14. The van der Waals surface area contributed by atoms with Crippen LogP contribution in [0.4, 0.5) is 0 Å². The number of likely N-dealkylation sites (N-methyl/N-ethyl adjacent to an activating group) is 1. The van der Waals surface area contributed by atoms with Gasteiger partial charge in [-0.1, -0.05) is 13.0 Å². The van der Waals surface area contributed by atoms with Crippen molar-refractivity contribution in [1.82, 2.24) is 10.3 Å². The van der Waals surface area contributed by atoms with E-state index >= 15 is 0 Å². The van der Waals surface area contributed by atoms with Crippen molar-refractivity contribution in [2.45, 2.75) is 19.3 Å². The van der Waals surface area contributed by atoms with Crippen molar-refractivity contribution >= 4 is 11.1 Å². The van der Waals surface area contributed by atoms with Gasteiger partial charge in [-0.05, 0) is 37.1 Å². The Balaban J connectivity index is 2.40. The maximum absolute atomic E-state index is 11.0. The molecule has 1 aromatic carbocycles. The Kier molecular flexibility index (Phi) is 3.10. The maximum Gasteiger partial charge on any atom is 0.417 e. The Hall–Kier alpha value is -1.55. The summed E-state index contributed by atoms with van der Waals surface area (Å²) >= 11 is 0. The average molecular weight is 220 g/mol. The van der Waals surface area contributed by atoms with Crippen LogP contribution in [-0.2, 0) is 0 Å². The van der Waals surface area contributed by atoms with Crippen LogP contribution in [0.25, 0.3) is 11.1 Å². The number of aromatic nitrogens is 1. The third-order valence-corrected chi connectivity index (χ3v) is 2.86. The smallest absolute Gasteiger partial charge is 0.408 e. The van der Waals surface area contributed by atoms with Crippen molar-refractivity contribution in [1.29, 1.82) is 0 Å². The molecule has 0 fully saturated rings. The summed E-state index contributed by atoms with van der Waals surface area (Å²) in [7, 11) is 1.95. The van der Waals surface area contributed by atoms with Gasteiger partial charge >= 0.3 is 5.76 Å². The van der Waals surface area contributed by atoms with Gasteiger partial charge in [0.25, 0.3) is 0 Å². The number of fused-ring (bicyclic) bond motifs is 1. The Labute approximate surface area is 93.7 Å². The van der Waals surface area contributed by atoms with Gasteiger partial charge in [-0.2, -0.15) is 0 Å².